The first-order chi connectivity index (χ1) is 10.2. The highest BCUT2D eigenvalue weighted by Crippen LogP contribution is 2.14. The van der Waals surface area contributed by atoms with Crippen LogP contribution in [-0.2, 0) is 19.5 Å². The zero-order chi connectivity index (χ0) is 14.8. The van der Waals surface area contributed by atoms with Gasteiger partial charge in [-0.3, -0.25) is 9.78 Å². The van der Waals surface area contributed by atoms with E-state index >= 15 is 0 Å². The lowest BCUT2D eigenvalue weighted by molar-refractivity contribution is 0.412. The number of ether oxygens (including phenoxy) is 1. The molecule has 110 valence electrons. The van der Waals surface area contributed by atoms with Crippen LogP contribution >= 0.6 is 0 Å². The molecular weight excluding hydrogens is 268 g/mol. The first kappa shape index (κ1) is 13.8. The average molecular weight is 286 g/mol. The summed E-state index contributed by atoms with van der Waals surface area (Å²) in [6.45, 7) is 3.88. The third kappa shape index (κ3) is 2.95. The number of fused-ring (bicyclic) bond motifs is 1. The largest absolute Gasteiger partial charge is 0.497 e. The quantitative estimate of drug-likeness (QED) is 0.897. The van der Waals surface area contributed by atoms with Crippen LogP contribution in [0, 0.1) is 6.92 Å². The fourth-order valence-corrected chi connectivity index (χ4v) is 2.53. The summed E-state index contributed by atoms with van der Waals surface area (Å²) in [5.74, 6) is 0.743. The van der Waals surface area contributed by atoms with E-state index in [9.17, 15) is 4.79 Å². The molecule has 0 aliphatic carbocycles. The molecule has 1 aliphatic rings. The zero-order valence-corrected chi connectivity index (χ0v) is 12.2. The number of rotatable bonds is 3. The predicted octanol–water partition coefficient (Wildman–Crippen LogP) is 0.649. The van der Waals surface area contributed by atoms with E-state index in [2.05, 4.69) is 15.4 Å². The third-order valence-electron chi connectivity index (χ3n) is 3.55. The Kier molecular flexibility index (Phi) is 3.70. The highest BCUT2D eigenvalue weighted by Gasteiger charge is 2.13. The number of hydrogen-bond donors (Lipinski definition) is 1. The van der Waals surface area contributed by atoms with Gasteiger partial charge in [0.2, 0.25) is 0 Å². The molecule has 0 bridgehead atoms. The van der Waals surface area contributed by atoms with Crippen LogP contribution in [0.15, 0.2) is 23.0 Å². The Morgan fingerprint density at radius 2 is 2.24 bits per heavy atom. The van der Waals surface area contributed by atoms with E-state index in [0.717, 1.165) is 47.9 Å². The average Bonchev–Trinajstić information content (AvgIpc) is 2.47. The van der Waals surface area contributed by atoms with Crippen molar-refractivity contribution in [2.75, 3.05) is 13.7 Å². The van der Waals surface area contributed by atoms with Gasteiger partial charge in [0.1, 0.15) is 5.75 Å². The van der Waals surface area contributed by atoms with Gasteiger partial charge in [0.25, 0.3) is 5.56 Å². The van der Waals surface area contributed by atoms with Gasteiger partial charge in [-0.15, -0.1) is 0 Å². The maximum absolute atomic E-state index is 12.1. The highest BCUT2D eigenvalue weighted by molar-refractivity contribution is 5.27. The maximum Gasteiger partial charge on any atom is 0.267 e. The minimum absolute atomic E-state index is 0.0975. The van der Waals surface area contributed by atoms with Crippen LogP contribution in [0.4, 0.5) is 0 Å². The lowest BCUT2D eigenvalue weighted by atomic mass is 10.1. The summed E-state index contributed by atoms with van der Waals surface area (Å²) in [5, 5.41) is 7.72. The smallest absolute Gasteiger partial charge is 0.267 e. The number of aromatic nitrogens is 3. The van der Waals surface area contributed by atoms with Crippen molar-refractivity contribution in [3.8, 4) is 5.75 Å². The van der Waals surface area contributed by atoms with E-state index < -0.39 is 0 Å². The van der Waals surface area contributed by atoms with Gasteiger partial charge in [-0.05, 0) is 12.5 Å². The van der Waals surface area contributed by atoms with Crippen molar-refractivity contribution in [1.82, 2.24) is 20.1 Å². The number of nitrogens with zero attached hydrogens (tertiary/aromatic N) is 3. The van der Waals surface area contributed by atoms with Gasteiger partial charge in [0.15, 0.2) is 0 Å². The Balaban J connectivity index is 1.94. The standard InChI is InChI=1S/C15H18N4O2/c1-10-5-13(21-2)7-12(17-10)9-19-15(20)6-11-8-16-4-3-14(11)18-19/h5-7,16H,3-4,8-9H2,1-2H3. The molecule has 0 unspecified atom stereocenters. The number of nitrogens with one attached hydrogen (secondary N) is 1. The van der Waals surface area contributed by atoms with Gasteiger partial charge in [0.05, 0.1) is 25.0 Å². The lowest BCUT2D eigenvalue weighted by Crippen LogP contribution is -2.32. The molecule has 0 fully saturated rings. The van der Waals surface area contributed by atoms with Gasteiger partial charge in [-0.25, -0.2) is 4.68 Å². The van der Waals surface area contributed by atoms with Crippen LogP contribution in [0.5, 0.6) is 5.75 Å². The second-order valence-electron chi connectivity index (χ2n) is 5.18. The normalized spacial score (nSPS) is 13.8. The number of methoxy groups -OCH3 is 1. The highest BCUT2D eigenvalue weighted by atomic mass is 16.5. The van der Waals surface area contributed by atoms with Crippen molar-refractivity contribution in [2.45, 2.75) is 26.4 Å². The third-order valence-corrected chi connectivity index (χ3v) is 3.55. The molecule has 1 aliphatic heterocycles. The van der Waals surface area contributed by atoms with E-state index in [1.54, 1.807) is 13.2 Å². The molecule has 0 amide bonds. The van der Waals surface area contributed by atoms with E-state index in [1.807, 2.05) is 19.1 Å². The summed E-state index contributed by atoms with van der Waals surface area (Å²) < 4.78 is 6.72. The van der Waals surface area contributed by atoms with Crippen LogP contribution in [0.25, 0.3) is 0 Å². The number of hydrogen-bond acceptors (Lipinski definition) is 5. The van der Waals surface area contributed by atoms with Crippen LogP contribution < -0.4 is 15.6 Å². The molecule has 6 nitrogen and oxygen atoms in total. The van der Waals surface area contributed by atoms with E-state index in [-0.39, 0.29) is 5.56 Å². The minimum Gasteiger partial charge on any atom is -0.497 e. The molecule has 0 saturated heterocycles. The maximum atomic E-state index is 12.1. The Morgan fingerprint density at radius 1 is 1.38 bits per heavy atom. The number of pyridine rings is 1. The summed E-state index contributed by atoms with van der Waals surface area (Å²) >= 11 is 0. The monoisotopic (exact) mass is 286 g/mol. The van der Waals surface area contributed by atoms with Crippen LogP contribution in [-0.4, -0.2) is 28.4 Å². The molecule has 2 aromatic heterocycles. The Hall–Kier alpha value is -2.21. The lowest BCUT2D eigenvalue weighted by Gasteiger charge is -2.17. The fourth-order valence-electron chi connectivity index (χ4n) is 2.53. The van der Waals surface area contributed by atoms with Crippen molar-refractivity contribution in [2.24, 2.45) is 0 Å². The topological polar surface area (TPSA) is 69.0 Å². The van der Waals surface area contributed by atoms with Crippen molar-refractivity contribution >= 4 is 0 Å². The van der Waals surface area contributed by atoms with Gasteiger partial charge in [-0.2, -0.15) is 5.10 Å². The fraction of sp³-hybridized carbons (Fsp3) is 0.400. The molecule has 2 aromatic rings. The van der Waals surface area contributed by atoms with Crippen molar-refractivity contribution < 1.29 is 4.74 Å². The molecule has 3 heterocycles. The van der Waals surface area contributed by atoms with Gasteiger partial charge < -0.3 is 10.1 Å². The van der Waals surface area contributed by atoms with E-state index in [1.165, 1.54) is 4.68 Å². The summed E-state index contributed by atoms with van der Waals surface area (Å²) in [7, 11) is 1.62. The van der Waals surface area contributed by atoms with Gasteiger partial charge in [0, 0.05) is 43.4 Å². The Bertz CT molecular complexity index is 724. The summed E-state index contributed by atoms with van der Waals surface area (Å²) in [4.78, 5) is 16.6. The Labute approximate surface area is 122 Å². The molecule has 0 atom stereocenters. The second-order valence-corrected chi connectivity index (χ2v) is 5.18. The molecule has 3 rings (SSSR count). The Morgan fingerprint density at radius 3 is 3.05 bits per heavy atom. The van der Waals surface area contributed by atoms with Crippen LogP contribution in [0.1, 0.15) is 22.6 Å². The minimum atomic E-state index is -0.0975. The van der Waals surface area contributed by atoms with Gasteiger partial charge >= 0.3 is 0 Å². The van der Waals surface area contributed by atoms with Crippen molar-refractivity contribution in [3.05, 3.63) is 51.2 Å². The molecular formula is C15H18N4O2. The van der Waals surface area contributed by atoms with Crippen molar-refractivity contribution in [1.29, 1.82) is 0 Å². The molecule has 0 radical (unpaired) electrons. The van der Waals surface area contributed by atoms with E-state index in [0.29, 0.717) is 6.54 Å². The van der Waals surface area contributed by atoms with E-state index in [4.69, 9.17) is 4.74 Å². The predicted molar refractivity (Wildman–Crippen MR) is 78.5 cm³/mol. The summed E-state index contributed by atoms with van der Waals surface area (Å²) in [6, 6.07) is 5.36. The second kappa shape index (κ2) is 5.65. The number of aryl methyl sites for hydroxylation is 1. The summed E-state index contributed by atoms with van der Waals surface area (Å²) in [5.41, 5.74) is 3.53. The van der Waals surface area contributed by atoms with Crippen LogP contribution in [0.3, 0.4) is 0 Å². The van der Waals surface area contributed by atoms with Crippen LogP contribution in [0.2, 0.25) is 0 Å². The summed E-state index contributed by atoms with van der Waals surface area (Å²) in [6.07, 6.45) is 0.847. The van der Waals surface area contributed by atoms with Crippen molar-refractivity contribution in [3.63, 3.8) is 0 Å². The first-order valence-electron chi connectivity index (χ1n) is 6.98. The molecule has 6 heteroatoms. The zero-order valence-electron chi connectivity index (χ0n) is 12.2. The molecule has 0 saturated carbocycles. The molecule has 0 aromatic carbocycles. The van der Waals surface area contributed by atoms with Gasteiger partial charge in [-0.1, -0.05) is 0 Å². The molecule has 1 N–H and O–H groups in total. The molecule has 21 heavy (non-hydrogen) atoms. The first-order valence-corrected chi connectivity index (χ1v) is 6.98. The SMILES string of the molecule is COc1cc(C)nc(Cn2nc3c(cc2=O)CNCC3)c1. The molecule has 0 spiro atoms.